The number of nitrogens with one attached hydrogen (secondary N) is 1. The van der Waals surface area contributed by atoms with E-state index in [0.717, 1.165) is 40.9 Å². The SMILES string of the molecule is Cn1c(NS(=O)(=O)c2cn(C3CCCC3)nc2-c2ccccc2)cc(=O)n(C)c1=O. The van der Waals surface area contributed by atoms with Crippen molar-refractivity contribution in [2.45, 2.75) is 36.6 Å². The molecule has 1 fully saturated rings. The molecule has 1 N–H and O–H groups in total. The lowest BCUT2D eigenvalue weighted by Crippen LogP contribution is -2.38. The van der Waals surface area contributed by atoms with Gasteiger partial charge in [0.2, 0.25) is 0 Å². The van der Waals surface area contributed by atoms with Crippen LogP contribution in [0.2, 0.25) is 0 Å². The normalized spacial score (nSPS) is 14.9. The summed E-state index contributed by atoms with van der Waals surface area (Å²) in [5.74, 6) is -0.101. The van der Waals surface area contributed by atoms with Crippen LogP contribution in [0.5, 0.6) is 0 Å². The molecule has 158 valence electrons. The highest BCUT2D eigenvalue weighted by Gasteiger charge is 2.28. The average molecular weight is 430 g/mol. The molecule has 4 rings (SSSR count). The van der Waals surface area contributed by atoms with Crippen molar-refractivity contribution in [1.29, 1.82) is 0 Å². The average Bonchev–Trinajstić information content (AvgIpc) is 3.41. The van der Waals surface area contributed by atoms with Crippen LogP contribution in [0.25, 0.3) is 11.3 Å². The molecule has 1 aliphatic rings. The molecular weight excluding hydrogens is 406 g/mol. The second-order valence-electron chi connectivity index (χ2n) is 7.50. The van der Waals surface area contributed by atoms with Gasteiger partial charge in [-0.3, -0.25) is 23.3 Å². The van der Waals surface area contributed by atoms with Crippen LogP contribution in [-0.4, -0.2) is 27.3 Å². The van der Waals surface area contributed by atoms with Gasteiger partial charge in [-0.25, -0.2) is 13.2 Å². The number of sulfonamides is 1. The fraction of sp³-hybridized carbons (Fsp3) is 0.350. The molecule has 0 saturated heterocycles. The molecule has 1 aromatic carbocycles. The Hall–Kier alpha value is -3.14. The van der Waals surface area contributed by atoms with Gasteiger partial charge in [0, 0.05) is 31.9 Å². The van der Waals surface area contributed by atoms with Gasteiger partial charge >= 0.3 is 5.69 Å². The minimum Gasteiger partial charge on any atom is -0.282 e. The summed E-state index contributed by atoms with van der Waals surface area (Å²) in [6.45, 7) is 0. The highest BCUT2D eigenvalue weighted by Crippen LogP contribution is 2.33. The maximum atomic E-state index is 13.3. The minimum atomic E-state index is -4.11. The molecule has 2 aromatic heterocycles. The van der Waals surface area contributed by atoms with Crippen LogP contribution in [0.4, 0.5) is 5.82 Å². The van der Waals surface area contributed by atoms with Crippen LogP contribution >= 0.6 is 0 Å². The van der Waals surface area contributed by atoms with Gasteiger partial charge in [0.15, 0.2) is 0 Å². The lowest BCUT2D eigenvalue weighted by atomic mass is 10.2. The van der Waals surface area contributed by atoms with Gasteiger partial charge in [0.25, 0.3) is 15.6 Å². The van der Waals surface area contributed by atoms with Crippen molar-refractivity contribution in [2.75, 3.05) is 4.72 Å². The number of aromatic nitrogens is 4. The maximum Gasteiger partial charge on any atom is 0.332 e. The van der Waals surface area contributed by atoms with Crippen molar-refractivity contribution in [1.82, 2.24) is 18.9 Å². The van der Waals surface area contributed by atoms with E-state index in [2.05, 4.69) is 9.82 Å². The second kappa shape index (κ2) is 7.60. The Morgan fingerprint density at radius 1 is 1.03 bits per heavy atom. The summed E-state index contributed by atoms with van der Waals surface area (Å²) in [7, 11) is -1.37. The van der Waals surface area contributed by atoms with Crippen LogP contribution in [0, 0.1) is 0 Å². The third-order valence-electron chi connectivity index (χ3n) is 5.50. The third-order valence-corrected chi connectivity index (χ3v) is 6.85. The first-order valence-electron chi connectivity index (χ1n) is 9.72. The second-order valence-corrected chi connectivity index (χ2v) is 9.15. The summed E-state index contributed by atoms with van der Waals surface area (Å²) in [6.07, 6.45) is 5.61. The summed E-state index contributed by atoms with van der Waals surface area (Å²) in [5.41, 5.74) is -0.206. The van der Waals surface area contributed by atoms with E-state index in [-0.39, 0.29) is 16.8 Å². The number of hydrogen-bond acceptors (Lipinski definition) is 5. The molecule has 30 heavy (non-hydrogen) atoms. The van der Waals surface area contributed by atoms with E-state index < -0.39 is 21.3 Å². The van der Waals surface area contributed by atoms with Crippen molar-refractivity contribution < 1.29 is 8.42 Å². The zero-order valence-electron chi connectivity index (χ0n) is 16.8. The lowest BCUT2D eigenvalue weighted by Gasteiger charge is -2.12. The van der Waals surface area contributed by atoms with E-state index in [0.29, 0.717) is 11.3 Å². The Morgan fingerprint density at radius 2 is 1.70 bits per heavy atom. The molecule has 10 heteroatoms. The van der Waals surface area contributed by atoms with E-state index in [1.54, 1.807) is 23.0 Å². The molecule has 9 nitrogen and oxygen atoms in total. The number of nitrogens with zero attached hydrogens (tertiary/aromatic N) is 4. The summed E-state index contributed by atoms with van der Waals surface area (Å²) in [6, 6.07) is 10.3. The topological polar surface area (TPSA) is 108 Å². The molecule has 3 aromatic rings. The monoisotopic (exact) mass is 429 g/mol. The first-order valence-corrected chi connectivity index (χ1v) is 11.2. The van der Waals surface area contributed by atoms with Crippen molar-refractivity contribution in [3.8, 4) is 11.3 Å². The van der Waals surface area contributed by atoms with Crippen LogP contribution in [0.15, 0.2) is 57.1 Å². The number of anilines is 1. The molecule has 0 bridgehead atoms. The zero-order chi connectivity index (χ0) is 21.5. The maximum absolute atomic E-state index is 13.3. The summed E-state index contributed by atoms with van der Waals surface area (Å²) in [5, 5.41) is 4.61. The molecule has 0 aliphatic heterocycles. The van der Waals surface area contributed by atoms with Crippen molar-refractivity contribution >= 4 is 15.8 Å². The highest BCUT2D eigenvalue weighted by atomic mass is 32.2. The van der Waals surface area contributed by atoms with Crippen LogP contribution in [-0.2, 0) is 24.1 Å². The van der Waals surface area contributed by atoms with Crippen molar-refractivity contribution in [3.05, 3.63) is 63.4 Å². The van der Waals surface area contributed by atoms with Gasteiger partial charge in [0.1, 0.15) is 16.4 Å². The van der Waals surface area contributed by atoms with E-state index in [4.69, 9.17) is 0 Å². The largest absolute Gasteiger partial charge is 0.332 e. The van der Waals surface area contributed by atoms with Gasteiger partial charge < -0.3 is 0 Å². The number of hydrogen-bond donors (Lipinski definition) is 1. The number of rotatable bonds is 5. The molecular formula is C20H23N5O4S. The Kier molecular flexibility index (Phi) is 5.10. The molecule has 0 atom stereocenters. The molecule has 0 amide bonds. The smallest absolute Gasteiger partial charge is 0.282 e. The molecule has 0 spiro atoms. The predicted octanol–water partition coefficient (Wildman–Crippen LogP) is 1.86. The van der Waals surface area contributed by atoms with E-state index in [1.165, 1.54) is 14.1 Å². The Bertz CT molecular complexity index is 1300. The summed E-state index contributed by atoms with van der Waals surface area (Å²) >= 11 is 0. The third kappa shape index (κ3) is 3.58. The van der Waals surface area contributed by atoms with Gasteiger partial charge in [-0.15, -0.1) is 0 Å². The summed E-state index contributed by atoms with van der Waals surface area (Å²) < 4.78 is 32.7. The van der Waals surface area contributed by atoms with Gasteiger partial charge in [-0.05, 0) is 12.8 Å². The van der Waals surface area contributed by atoms with Crippen molar-refractivity contribution in [2.24, 2.45) is 14.1 Å². The predicted molar refractivity (Wildman–Crippen MR) is 113 cm³/mol. The highest BCUT2D eigenvalue weighted by molar-refractivity contribution is 7.92. The van der Waals surface area contributed by atoms with Gasteiger partial charge in [0.05, 0.1) is 6.04 Å². The van der Waals surface area contributed by atoms with Crippen LogP contribution < -0.4 is 16.0 Å². The van der Waals surface area contributed by atoms with E-state index in [1.807, 2.05) is 18.2 Å². The van der Waals surface area contributed by atoms with Gasteiger partial charge in [-0.1, -0.05) is 43.2 Å². The molecule has 0 radical (unpaired) electrons. The Balaban J connectivity index is 1.82. The molecule has 1 saturated carbocycles. The zero-order valence-corrected chi connectivity index (χ0v) is 17.6. The number of benzene rings is 1. The summed E-state index contributed by atoms with van der Waals surface area (Å²) in [4.78, 5) is 24.2. The Morgan fingerprint density at radius 3 is 2.37 bits per heavy atom. The molecule has 0 unspecified atom stereocenters. The Labute approximate surface area is 173 Å². The van der Waals surface area contributed by atoms with Crippen molar-refractivity contribution in [3.63, 3.8) is 0 Å². The van der Waals surface area contributed by atoms with E-state index >= 15 is 0 Å². The fourth-order valence-corrected chi connectivity index (χ4v) is 4.99. The first kappa shape index (κ1) is 20.1. The van der Waals surface area contributed by atoms with Gasteiger partial charge in [-0.2, -0.15) is 5.10 Å². The van der Waals surface area contributed by atoms with E-state index in [9.17, 15) is 18.0 Å². The lowest BCUT2D eigenvalue weighted by molar-refractivity contribution is 0.467. The first-order chi connectivity index (χ1) is 14.3. The quantitative estimate of drug-likeness (QED) is 0.666. The standard InChI is InChI=1S/C20H23N5O4S/c1-23-17(12-18(26)24(2)20(23)27)22-30(28,29)16-13-25(15-10-6-7-11-15)21-19(16)14-8-4-3-5-9-14/h3-5,8-9,12-13,15,22H,6-7,10-11H2,1-2H3. The minimum absolute atomic E-state index is 0.00808. The van der Waals surface area contributed by atoms with Crippen LogP contribution in [0.3, 0.4) is 0 Å². The molecule has 2 heterocycles. The fourth-order valence-electron chi connectivity index (χ4n) is 3.75. The molecule has 1 aliphatic carbocycles. The van der Waals surface area contributed by atoms with Crippen LogP contribution in [0.1, 0.15) is 31.7 Å².